The molecule has 2 aliphatic heterocycles. The molecule has 1 atom stereocenters. The third-order valence-corrected chi connectivity index (χ3v) is 6.91. The summed E-state index contributed by atoms with van der Waals surface area (Å²) in [7, 11) is -3.11. The van der Waals surface area contributed by atoms with Crippen molar-refractivity contribution >= 4 is 21.7 Å². The molecule has 1 aromatic carbocycles. The first-order valence-electron chi connectivity index (χ1n) is 8.96. The zero-order chi connectivity index (χ0) is 19.6. The summed E-state index contributed by atoms with van der Waals surface area (Å²) in [6, 6.07) is 3.59. The van der Waals surface area contributed by atoms with Gasteiger partial charge in [-0.3, -0.25) is 9.59 Å². The Kier molecular flexibility index (Phi) is 5.78. The lowest BCUT2D eigenvalue weighted by atomic mass is 10.1. The van der Waals surface area contributed by atoms with E-state index >= 15 is 0 Å². The minimum Gasteiger partial charge on any atom is -0.339 e. The van der Waals surface area contributed by atoms with E-state index in [1.807, 2.05) is 0 Å². The number of carbonyl (C=O) groups excluding carboxylic acids is 2. The van der Waals surface area contributed by atoms with Crippen LogP contribution >= 0.6 is 0 Å². The van der Waals surface area contributed by atoms with Gasteiger partial charge in [0, 0.05) is 32.6 Å². The van der Waals surface area contributed by atoms with Crippen LogP contribution in [0.15, 0.2) is 18.2 Å². The van der Waals surface area contributed by atoms with E-state index in [-0.39, 0.29) is 29.7 Å². The monoisotopic (exact) mass is 400 g/mol. The molecule has 2 saturated heterocycles. The fraction of sp³-hybridized carbons (Fsp3) is 0.556. The van der Waals surface area contributed by atoms with Gasteiger partial charge in [0.2, 0.25) is 11.8 Å². The molecule has 2 amide bonds. The molecule has 0 spiro atoms. The third kappa shape index (κ3) is 4.82. The van der Waals surface area contributed by atoms with Crippen LogP contribution in [-0.4, -0.2) is 67.7 Å². The van der Waals surface area contributed by atoms with Crippen LogP contribution in [0.4, 0.5) is 8.78 Å². The summed E-state index contributed by atoms with van der Waals surface area (Å²) in [5.74, 6) is -2.59. The fourth-order valence-electron chi connectivity index (χ4n) is 3.53. The van der Waals surface area contributed by atoms with E-state index < -0.39 is 27.4 Å². The molecule has 0 aliphatic carbocycles. The van der Waals surface area contributed by atoms with Gasteiger partial charge in [0.05, 0.1) is 17.4 Å². The largest absolute Gasteiger partial charge is 0.339 e. The van der Waals surface area contributed by atoms with Crippen LogP contribution in [0.3, 0.4) is 0 Å². The standard InChI is InChI=1S/C18H22F2N2O4S/c19-15-3-1-13(11-16(15)20)2-4-17(23)21-6-8-22(9-7-21)18(24)14-5-10-27(25,26)12-14/h1,3,11,14H,2,4-10,12H2/t14-/m0/s1. The van der Waals surface area contributed by atoms with E-state index in [0.29, 0.717) is 44.6 Å². The van der Waals surface area contributed by atoms with Gasteiger partial charge in [-0.05, 0) is 30.5 Å². The second-order valence-corrected chi connectivity index (χ2v) is 9.28. The predicted octanol–water partition coefficient (Wildman–Crippen LogP) is 1.00. The maximum atomic E-state index is 13.2. The highest BCUT2D eigenvalue weighted by Crippen LogP contribution is 2.21. The molecule has 6 nitrogen and oxygen atoms in total. The van der Waals surface area contributed by atoms with Crippen molar-refractivity contribution in [3.05, 3.63) is 35.4 Å². The SMILES string of the molecule is O=C(CCc1ccc(F)c(F)c1)N1CCN(C(=O)[C@H]2CCS(=O)(=O)C2)CC1. The first kappa shape index (κ1) is 19.7. The van der Waals surface area contributed by atoms with Crippen LogP contribution in [0.5, 0.6) is 0 Å². The topological polar surface area (TPSA) is 74.8 Å². The van der Waals surface area contributed by atoms with Crippen LogP contribution in [0.25, 0.3) is 0 Å². The number of piperazine rings is 1. The van der Waals surface area contributed by atoms with E-state index in [9.17, 15) is 26.8 Å². The Morgan fingerprint density at radius 2 is 1.70 bits per heavy atom. The number of carbonyl (C=O) groups is 2. The number of amides is 2. The second-order valence-electron chi connectivity index (χ2n) is 7.05. The Labute approximate surface area is 157 Å². The van der Waals surface area contributed by atoms with Gasteiger partial charge < -0.3 is 9.80 Å². The van der Waals surface area contributed by atoms with Crippen molar-refractivity contribution in [2.75, 3.05) is 37.7 Å². The van der Waals surface area contributed by atoms with Gasteiger partial charge in [-0.25, -0.2) is 17.2 Å². The quantitative estimate of drug-likeness (QED) is 0.756. The Morgan fingerprint density at radius 3 is 2.30 bits per heavy atom. The number of aryl methyl sites for hydroxylation is 1. The zero-order valence-electron chi connectivity index (χ0n) is 14.9. The van der Waals surface area contributed by atoms with Gasteiger partial charge in [-0.15, -0.1) is 0 Å². The molecule has 0 N–H and O–H groups in total. The second kappa shape index (κ2) is 7.92. The van der Waals surface area contributed by atoms with Gasteiger partial charge in [0.1, 0.15) is 0 Å². The third-order valence-electron chi connectivity index (χ3n) is 5.14. The molecule has 2 aliphatic rings. The molecular formula is C18H22F2N2O4S. The van der Waals surface area contributed by atoms with E-state index in [0.717, 1.165) is 12.1 Å². The summed E-state index contributed by atoms with van der Waals surface area (Å²) in [6.45, 7) is 1.54. The normalized spacial score (nSPS) is 22.1. The highest BCUT2D eigenvalue weighted by molar-refractivity contribution is 7.91. The first-order valence-corrected chi connectivity index (χ1v) is 10.8. The summed E-state index contributed by atoms with van der Waals surface area (Å²) in [5, 5.41) is 0. The minimum atomic E-state index is -3.11. The van der Waals surface area contributed by atoms with Crippen molar-refractivity contribution in [3.8, 4) is 0 Å². The average Bonchev–Trinajstić information content (AvgIpc) is 3.02. The molecule has 0 radical (unpaired) electrons. The van der Waals surface area contributed by atoms with Crippen molar-refractivity contribution in [1.82, 2.24) is 9.80 Å². The molecule has 27 heavy (non-hydrogen) atoms. The molecule has 0 aromatic heterocycles. The molecule has 3 rings (SSSR count). The van der Waals surface area contributed by atoms with Crippen LogP contribution in [0, 0.1) is 17.6 Å². The van der Waals surface area contributed by atoms with Crippen LogP contribution in [-0.2, 0) is 25.8 Å². The van der Waals surface area contributed by atoms with Gasteiger partial charge >= 0.3 is 0 Å². The molecule has 0 unspecified atom stereocenters. The Balaban J connectivity index is 1.46. The molecule has 0 saturated carbocycles. The average molecular weight is 400 g/mol. The summed E-state index contributed by atoms with van der Waals surface area (Å²) in [4.78, 5) is 28.0. The molecule has 148 valence electrons. The van der Waals surface area contributed by atoms with Crippen molar-refractivity contribution in [2.45, 2.75) is 19.3 Å². The summed E-state index contributed by atoms with van der Waals surface area (Å²) in [5.41, 5.74) is 0.554. The molecule has 1 aromatic rings. The van der Waals surface area contributed by atoms with E-state index in [4.69, 9.17) is 0 Å². The van der Waals surface area contributed by atoms with Gasteiger partial charge in [0.25, 0.3) is 0 Å². The number of benzene rings is 1. The van der Waals surface area contributed by atoms with E-state index in [2.05, 4.69) is 0 Å². The predicted molar refractivity (Wildman–Crippen MR) is 94.6 cm³/mol. The van der Waals surface area contributed by atoms with Crippen molar-refractivity contribution < 1.29 is 26.8 Å². The zero-order valence-corrected chi connectivity index (χ0v) is 15.7. The molecule has 2 heterocycles. The lowest BCUT2D eigenvalue weighted by Crippen LogP contribution is -2.52. The molecular weight excluding hydrogens is 378 g/mol. The first-order chi connectivity index (χ1) is 12.7. The lowest BCUT2D eigenvalue weighted by molar-refractivity contribution is -0.141. The number of halogens is 2. The lowest BCUT2D eigenvalue weighted by Gasteiger charge is -2.36. The Bertz CT molecular complexity index is 836. The van der Waals surface area contributed by atoms with Gasteiger partial charge in [-0.1, -0.05) is 6.07 Å². The van der Waals surface area contributed by atoms with Crippen molar-refractivity contribution in [2.24, 2.45) is 5.92 Å². The Hall–Kier alpha value is -2.03. The van der Waals surface area contributed by atoms with Gasteiger partial charge in [0.15, 0.2) is 21.5 Å². The Morgan fingerprint density at radius 1 is 1.04 bits per heavy atom. The number of hydrogen-bond acceptors (Lipinski definition) is 4. The van der Waals surface area contributed by atoms with Gasteiger partial charge in [-0.2, -0.15) is 0 Å². The number of hydrogen-bond donors (Lipinski definition) is 0. The van der Waals surface area contributed by atoms with Crippen molar-refractivity contribution in [1.29, 1.82) is 0 Å². The number of sulfone groups is 1. The smallest absolute Gasteiger partial charge is 0.226 e. The van der Waals surface area contributed by atoms with E-state index in [1.165, 1.54) is 6.07 Å². The summed E-state index contributed by atoms with van der Waals surface area (Å²) >= 11 is 0. The molecule has 0 bridgehead atoms. The molecule has 2 fully saturated rings. The number of rotatable bonds is 4. The van der Waals surface area contributed by atoms with Crippen LogP contribution in [0.1, 0.15) is 18.4 Å². The maximum absolute atomic E-state index is 13.2. The highest BCUT2D eigenvalue weighted by atomic mass is 32.2. The van der Waals surface area contributed by atoms with E-state index in [1.54, 1.807) is 9.80 Å². The maximum Gasteiger partial charge on any atom is 0.226 e. The van der Waals surface area contributed by atoms with Crippen LogP contribution in [0.2, 0.25) is 0 Å². The minimum absolute atomic E-state index is 0.0613. The highest BCUT2D eigenvalue weighted by Gasteiger charge is 2.36. The number of nitrogens with zero attached hydrogens (tertiary/aromatic N) is 2. The summed E-state index contributed by atoms with van der Waals surface area (Å²) in [6.07, 6.45) is 0.865. The summed E-state index contributed by atoms with van der Waals surface area (Å²) < 4.78 is 49.2. The fourth-order valence-corrected chi connectivity index (χ4v) is 5.26. The molecule has 9 heteroatoms. The van der Waals surface area contributed by atoms with Crippen molar-refractivity contribution in [3.63, 3.8) is 0 Å². The van der Waals surface area contributed by atoms with Crippen LogP contribution < -0.4 is 0 Å².